The highest BCUT2D eigenvalue weighted by molar-refractivity contribution is 5.86. The van der Waals surface area contributed by atoms with E-state index < -0.39 is 5.97 Å². The molecule has 2 aromatic heterocycles. The first-order valence-electron chi connectivity index (χ1n) is 4.67. The van der Waals surface area contributed by atoms with E-state index in [-0.39, 0.29) is 11.6 Å². The van der Waals surface area contributed by atoms with Crippen molar-refractivity contribution in [1.82, 2.24) is 19.7 Å². The number of aryl methyl sites for hydroxylation is 2. The Hall–Kier alpha value is -2.24. The van der Waals surface area contributed by atoms with Crippen molar-refractivity contribution in [2.24, 2.45) is 0 Å². The third kappa shape index (κ3) is 1.77. The van der Waals surface area contributed by atoms with Gasteiger partial charge in [0.05, 0.1) is 5.69 Å². The molecule has 0 aliphatic rings. The van der Waals surface area contributed by atoms with E-state index in [0.29, 0.717) is 5.69 Å². The maximum atomic E-state index is 11.0. The maximum absolute atomic E-state index is 11.0. The number of aromatic carboxylic acids is 1. The second kappa shape index (κ2) is 3.73. The van der Waals surface area contributed by atoms with E-state index in [2.05, 4.69) is 15.1 Å². The van der Waals surface area contributed by atoms with Crippen molar-refractivity contribution in [2.75, 3.05) is 0 Å². The van der Waals surface area contributed by atoms with E-state index in [4.69, 9.17) is 5.11 Å². The summed E-state index contributed by atoms with van der Waals surface area (Å²) in [5, 5.41) is 13.0. The van der Waals surface area contributed by atoms with E-state index in [1.54, 1.807) is 19.3 Å². The van der Waals surface area contributed by atoms with Gasteiger partial charge in [0.2, 0.25) is 0 Å². The molecule has 0 bridgehead atoms. The van der Waals surface area contributed by atoms with Gasteiger partial charge in [-0.15, -0.1) is 0 Å². The number of nitrogens with zero attached hydrogens (tertiary/aromatic N) is 4. The lowest BCUT2D eigenvalue weighted by Gasteiger charge is -2.01. The zero-order valence-corrected chi connectivity index (χ0v) is 8.88. The maximum Gasteiger partial charge on any atom is 0.354 e. The molecule has 2 rings (SSSR count). The first kappa shape index (κ1) is 10.3. The second-order valence-electron chi connectivity index (χ2n) is 3.45. The van der Waals surface area contributed by atoms with Gasteiger partial charge in [0.1, 0.15) is 0 Å². The fraction of sp³-hybridized carbons (Fsp3) is 0.200. The fourth-order valence-electron chi connectivity index (χ4n) is 1.30. The number of rotatable bonds is 2. The molecule has 0 fully saturated rings. The summed E-state index contributed by atoms with van der Waals surface area (Å²) in [5.74, 6) is -0.791. The first-order chi connectivity index (χ1) is 7.58. The van der Waals surface area contributed by atoms with Crippen LogP contribution in [0.15, 0.2) is 18.5 Å². The van der Waals surface area contributed by atoms with Crippen molar-refractivity contribution in [3.8, 4) is 5.95 Å². The van der Waals surface area contributed by atoms with Crippen molar-refractivity contribution in [3.05, 3.63) is 35.4 Å². The average molecular weight is 218 g/mol. The van der Waals surface area contributed by atoms with Crippen molar-refractivity contribution in [1.29, 1.82) is 0 Å². The Morgan fingerprint density at radius 1 is 1.31 bits per heavy atom. The summed E-state index contributed by atoms with van der Waals surface area (Å²) < 4.78 is 1.22. The van der Waals surface area contributed by atoms with Gasteiger partial charge < -0.3 is 5.11 Å². The molecule has 2 aromatic rings. The highest BCUT2D eigenvalue weighted by Gasteiger charge is 2.15. The van der Waals surface area contributed by atoms with Gasteiger partial charge in [-0.2, -0.15) is 9.78 Å². The number of hydrogen-bond donors (Lipinski definition) is 1. The van der Waals surface area contributed by atoms with E-state index >= 15 is 0 Å². The molecule has 0 atom stereocenters. The molecule has 0 radical (unpaired) electrons. The molecule has 0 aliphatic heterocycles. The van der Waals surface area contributed by atoms with Crippen LogP contribution in [0, 0.1) is 13.8 Å². The van der Waals surface area contributed by atoms with Crippen LogP contribution in [0.4, 0.5) is 0 Å². The second-order valence-corrected chi connectivity index (χ2v) is 3.45. The van der Waals surface area contributed by atoms with Crippen LogP contribution < -0.4 is 0 Å². The Kier molecular flexibility index (Phi) is 2.40. The van der Waals surface area contributed by atoms with Gasteiger partial charge in [0, 0.05) is 12.4 Å². The highest BCUT2D eigenvalue weighted by Crippen LogP contribution is 2.08. The Balaban J connectivity index is 2.55. The summed E-state index contributed by atoms with van der Waals surface area (Å²) in [7, 11) is 0. The molecule has 6 nitrogen and oxygen atoms in total. The molecular weight excluding hydrogens is 208 g/mol. The minimum absolute atomic E-state index is 0.0568. The van der Waals surface area contributed by atoms with Gasteiger partial charge in [-0.05, 0) is 25.5 Å². The molecule has 0 aromatic carbocycles. The summed E-state index contributed by atoms with van der Waals surface area (Å²) in [5.41, 5.74) is 1.58. The van der Waals surface area contributed by atoms with E-state index in [0.717, 1.165) is 5.56 Å². The van der Waals surface area contributed by atoms with Gasteiger partial charge in [-0.25, -0.2) is 14.8 Å². The molecule has 0 amide bonds. The lowest BCUT2D eigenvalue weighted by Crippen LogP contribution is -2.10. The van der Waals surface area contributed by atoms with Crippen molar-refractivity contribution >= 4 is 5.97 Å². The predicted octanol–water partition coefficient (Wildman–Crippen LogP) is 0.977. The van der Waals surface area contributed by atoms with Gasteiger partial charge >= 0.3 is 5.97 Å². The van der Waals surface area contributed by atoms with Crippen LogP contribution in [-0.4, -0.2) is 30.8 Å². The molecule has 82 valence electrons. The third-order valence-corrected chi connectivity index (χ3v) is 2.01. The summed E-state index contributed by atoms with van der Waals surface area (Å²) in [4.78, 5) is 19.0. The minimum Gasteiger partial charge on any atom is -0.477 e. The molecule has 0 aliphatic carbocycles. The smallest absolute Gasteiger partial charge is 0.354 e. The Bertz CT molecular complexity index is 530. The number of hydrogen-bond acceptors (Lipinski definition) is 4. The predicted molar refractivity (Wildman–Crippen MR) is 55.6 cm³/mol. The Labute approximate surface area is 91.6 Å². The van der Waals surface area contributed by atoms with Crippen molar-refractivity contribution in [3.63, 3.8) is 0 Å². The van der Waals surface area contributed by atoms with Crippen LogP contribution in [-0.2, 0) is 0 Å². The largest absolute Gasteiger partial charge is 0.477 e. The standard InChI is InChI=1S/C10H10N4O2/c1-6-4-11-10(12-5-6)14-8(9(15)16)3-7(2)13-14/h3-5H,1-2H3,(H,15,16). The van der Waals surface area contributed by atoms with Crippen molar-refractivity contribution < 1.29 is 9.90 Å². The molecule has 1 N–H and O–H groups in total. The summed E-state index contributed by atoms with van der Waals surface area (Å²) >= 11 is 0. The topological polar surface area (TPSA) is 80.9 Å². The molecule has 0 spiro atoms. The number of carbonyl (C=O) groups is 1. The summed E-state index contributed by atoms with van der Waals surface area (Å²) in [6, 6.07) is 1.48. The number of carboxylic acids is 1. The van der Waals surface area contributed by atoms with E-state index in [1.165, 1.54) is 10.7 Å². The SMILES string of the molecule is Cc1cnc(-n2nc(C)cc2C(=O)O)nc1. The van der Waals surface area contributed by atoms with Gasteiger partial charge in [-0.3, -0.25) is 0 Å². The molecule has 16 heavy (non-hydrogen) atoms. The normalized spacial score (nSPS) is 10.4. The van der Waals surface area contributed by atoms with E-state index in [9.17, 15) is 4.79 Å². The van der Waals surface area contributed by atoms with Crippen LogP contribution in [0.5, 0.6) is 0 Å². The van der Waals surface area contributed by atoms with Gasteiger partial charge in [-0.1, -0.05) is 0 Å². The first-order valence-corrected chi connectivity index (χ1v) is 4.67. The molecular formula is C10H10N4O2. The van der Waals surface area contributed by atoms with Gasteiger partial charge in [0.15, 0.2) is 5.69 Å². The van der Waals surface area contributed by atoms with E-state index in [1.807, 2.05) is 6.92 Å². The number of carboxylic acid groups (broad SMARTS) is 1. The zero-order valence-electron chi connectivity index (χ0n) is 8.88. The van der Waals surface area contributed by atoms with Crippen molar-refractivity contribution in [2.45, 2.75) is 13.8 Å². The monoisotopic (exact) mass is 218 g/mol. The fourth-order valence-corrected chi connectivity index (χ4v) is 1.30. The molecule has 0 saturated heterocycles. The lowest BCUT2D eigenvalue weighted by molar-refractivity contribution is 0.0686. The van der Waals surface area contributed by atoms with Crippen LogP contribution in [0.2, 0.25) is 0 Å². The number of aromatic nitrogens is 4. The summed E-state index contributed by atoms with van der Waals surface area (Å²) in [6.07, 6.45) is 3.23. The Morgan fingerprint density at radius 3 is 2.50 bits per heavy atom. The third-order valence-electron chi connectivity index (χ3n) is 2.01. The average Bonchev–Trinajstić information content (AvgIpc) is 2.61. The van der Waals surface area contributed by atoms with Gasteiger partial charge in [0.25, 0.3) is 5.95 Å². The van der Waals surface area contributed by atoms with Crippen LogP contribution >= 0.6 is 0 Å². The Morgan fingerprint density at radius 2 is 1.94 bits per heavy atom. The molecule has 0 saturated carbocycles. The molecule has 6 heteroatoms. The van der Waals surface area contributed by atoms with Crippen LogP contribution in [0.1, 0.15) is 21.7 Å². The minimum atomic E-state index is -1.05. The lowest BCUT2D eigenvalue weighted by atomic mass is 10.4. The highest BCUT2D eigenvalue weighted by atomic mass is 16.4. The van der Waals surface area contributed by atoms with Crippen LogP contribution in [0.3, 0.4) is 0 Å². The molecule has 2 heterocycles. The van der Waals surface area contributed by atoms with Crippen LogP contribution in [0.25, 0.3) is 5.95 Å². The molecule has 0 unspecified atom stereocenters. The zero-order chi connectivity index (χ0) is 11.7. The summed E-state index contributed by atoms with van der Waals surface area (Å²) in [6.45, 7) is 3.58. The quantitative estimate of drug-likeness (QED) is 0.812.